The fraction of sp³-hybridized carbons (Fsp3) is 0.493. The first-order chi connectivity index (χ1) is 43.9. The highest BCUT2D eigenvalue weighted by Crippen LogP contribution is 2.47. The summed E-state index contributed by atoms with van der Waals surface area (Å²) in [6.07, 6.45) is 14.4. The number of rotatable bonds is 39. The average Bonchev–Trinajstić information content (AvgIpc) is 1.70. The number of carbonyl (C=O) groups excluding carboxylic acids is 4. The van der Waals surface area contributed by atoms with E-state index in [9.17, 15) is 29.7 Å². The third-order valence-electron chi connectivity index (χ3n) is 16.4. The zero-order valence-corrected chi connectivity index (χ0v) is 52.4. The summed E-state index contributed by atoms with van der Waals surface area (Å²) in [5, 5.41) is 22.4. The highest BCUT2D eigenvalue weighted by molar-refractivity contribution is 7.21. The van der Waals surface area contributed by atoms with Crippen molar-refractivity contribution < 1.29 is 91.9 Å². The third-order valence-corrected chi connectivity index (χ3v) is 17.5. The van der Waals surface area contributed by atoms with E-state index < -0.39 is 36.1 Å². The van der Waals surface area contributed by atoms with Crippen LogP contribution in [0, 0.1) is 37.5 Å². The number of esters is 4. The van der Waals surface area contributed by atoms with Gasteiger partial charge >= 0.3 is 23.9 Å². The molecule has 2 aromatic heterocycles. The van der Waals surface area contributed by atoms with Crippen molar-refractivity contribution in [2.24, 2.45) is 23.7 Å². The molecule has 2 saturated carbocycles. The van der Waals surface area contributed by atoms with E-state index in [2.05, 4.69) is 26.1 Å². The Bertz CT molecular complexity index is 3220. The Labute approximate surface area is 529 Å². The third kappa shape index (κ3) is 21.1. The summed E-state index contributed by atoms with van der Waals surface area (Å²) in [7, 11) is 0. The number of ether oxygens (including phenoxy) is 6. The van der Waals surface area contributed by atoms with E-state index >= 15 is 0 Å². The topological polar surface area (TPSA) is 246 Å². The van der Waals surface area contributed by atoms with E-state index in [0.29, 0.717) is 67.4 Å². The van der Waals surface area contributed by atoms with Gasteiger partial charge in [-0.1, -0.05) is 37.4 Å². The Morgan fingerprint density at radius 1 is 0.589 bits per heavy atom. The van der Waals surface area contributed by atoms with Gasteiger partial charge in [-0.3, -0.25) is 20.1 Å². The van der Waals surface area contributed by atoms with Crippen molar-refractivity contribution in [1.82, 2.24) is 4.98 Å². The molecular formula is C69H85NO19S. The first-order valence-corrected chi connectivity index (χ1v) is 32.2. The maximum absolute atomic E-state index is 11.8. The number of aromatic nitrogens is 1. The van der Waals surface area contributed by atoms with Gasteiger partial charge in [0.05, 0.1) is 57.2 Å². The highest BCUT2D eigenvalue weighted by atomic mass is 32.1. The molecule has 2 atom stereocenters. The maximum atomic E-state index is 11.8. The van der Waals surface area contributed by atoms with Gasteiger partial charge < -0.3 is 42.6 Å². The Morgan fingerprint density at radius 3 is 1.64 bits per heavy atom. The Hall–Kier alpha value is -7.37. The molecule has 2 N–H and O–H groups in total. The number of unbranched alkanes of at least 4 members (excludes halogenated alkanes) is 6. The van der Waals surface area contributed by atoms with Crippen LogP contribution in [0.3, 0.4) is 0 Å². The van der Waals surface area contributed by atoms with E-state index in [1.165, 1.54) is 11.3 Å². The molecule has 0 spiro atoms. The molecule has 0 bridgehead atoms. The second-order valence-electron chi connectivity index (χ2n) is 23.1. The van der Waals surface area contributed by atoms with Crippen molar-refractivity contribution in [2.75, 3.05) is 52.9 Å². The minimum atomic E-state index is -0.634. The molecule has 2 heterocycles. The van der Waals surface area contributed by atoms with Crippen molar-refractivity contribution in [1.29, 1.82) is 0 Å². The van der Waals surface area contributed by atoms with E-state index in [4.69, 9.17) is 67.1 Å². The van der Waals surface area contributed by atoms with E-state index in [1.807, 2.05) is 79.7 Å². The van der Waals surface area contributed by atoms with Gasteiger partial charge in [0.15, 0.2) is 22.3 Å². The number of furan rings is 1. The molecule has 20 nitrogen and oxygen atoms in total. The van der Waals surface area contributed by atoms with Gasteiger partial charge in [-0.2, -0.15) is 9.78 Å². The van der Waals surface area contributed by atoms with Crippen LogP contribution in [0.15, 0.2) is 109 Å². The van der Waals surface area contributed by atoms with E-state index in [0.717, 1.165) is 164 Å². The van der Waals surface area contributed by atoms with Gasteiger partial charge in [0, 0.05) is 23.1 Å². The van der Waals surface area contributed by atoms with Crippen molar-refractivity contribution in [3.05, 3.63) is 126 Å². The normalized spacial score (nSPS) is 17.2. The van der Waals surface area contributed by atoms with Crippen LogP contribution in [-0.2, 0) is 57.7 Å². The summed E-state index contributed by atoms with van der Waals surface area (Å²) in [4.78, 5) is 84.9. The van der Waals surface area contributed by atoms with E-state index in [1.54, 1.807) is 0 Å². The molecule has 0 aliphatic heterocycles. The Kier molecular flexibility index (Phi) is 27.8. The molecule has 0 radical (unpaired) electrons. The molecule has 2 fully saturated rings. The molecule has 90 heavy (non-hydrogen) atoms. The maximum Gasteiger partial charge on any atom is 0.330 e. The molecule has 486 valence electrons. The van der Waals surface area contributed by atoms with Gasteiger partial charge in [0.1, 0.15) is 48.0 Å². The summed E-state index contributed by atoms with van der Waals surface area (Å²) in [6, 6.07) is 24.9. The molecule has 8 rings (SSSR count). The second-order valence-corrected chi connectivity index (χ2v) is 24.1. The monoisotopic (exact) mass is 1260 g/mol. The highest BCUT2D eigenvalue weighted by Gasteiger charge is 2.34. The van der Waals surface area contributed by atoms with Crippen molar-refractivity contribution in [2.45, 2.75) is 142 Å². The smallest absolute Gasteiger partial charge is 0.330 e. The number of nitrogens with zero attached hydrogens (tertiary/aromatic N) is 1. The van der Waals surface area contributed by atoms with Crippen molar-refractivity contribution in [3.63, 3.8) is 0 Å². The summed E-state index contributed by atoms with van der Waals surface area (Å²) < 4.78 is 39.1. The van der Waals surface area contributed by atoms with Crippen molar-refractivity contribution in [3.8, 4) is 33.8 Å². The minimum Gasteiger partial charge on any atom is -0.494 e. The lowest BCUT2D eigenvalue weighted by atomic mass is 9.78. The van der Waals surface area contributed by atoms with Gasteiger partial charge in [-0.15, -0.1) is 11.3 Å². The molecule has 0 saturated heterocycles. The standard InChI is InChI=1S/C69H85NO19S/c1-5-61(71)81-39-33-63(73)79-37-13-9-7-11-35-77-53-25-23-51(24-26-53)66(86-75)50-19-15-49(16-20-50)45-84-89-58-32-31-56(68-65(58)70-69(90-68)60-43-57-47(4)41-46(3)42-59(57)85-60)67(87-76)52-21-17-48(18-22-52)44-83-88-55-29-27-54(28-30-55)78-36-12-8-10-14-38-80-64(74)34-40-82-62(72)6-2/h5-6,23-32,41-43,48-50,52,66-67,75-76H,1-2,7-22,33-40,44-45H2,3-4H3. The summed E-state index contributed by atoms with van der Waals surface area (Å²) >= 11 is 1.46. The van der Waals surface area contributed by atoms with Crippen LogP contribution in [-0.4, -0.2) is 92.2 Å². The number of fused-ring (bicyclic) bond motifs is 2. The van der Waals surface area contributed by atoms with Gasteiger partial charge in [0.25, 0.3) is 0 Å². The van der Waals surface area contributed by atoms with Crippen LogP contribution in [0.2, 0.25) is 0 Å². The number of aryl methyl sites for hydroxylation is 2. The lowest BCUT2D eigenvalue weighted by molar-refractivity contribution is -0.296. The quantitative estimate of drug-likeness (QED) is 0.00909. The van der Waals surface area contributed by atoms with Crippen LogP contribution in [0.1, 0.15) is 150 Å². The molecule has 2 aliphatic carbocycles. The summed E-state index contributed by atoms with van der Waals surface area (Å²) in [5.74, 6) is 1.72. The van der Waals surface area contributed by atoms with Crippen LogP contribution in [0.5, 0.6) is 23.0 Å². The molecular weight excluding hydrogens is 1180 g/mol. The lowest BCUT2D eigenvalue weighted by Crippen LogP contribution is -2.25. The lowest BCUT2D eigenvalue weighted by Gasteiger charge is -2.32. The largest absolute Gasteiger partial charge is 0.494 e. The van der Waals surface area contributed by atoms with Gasteiger partial charge in [-0.05, 0) is 212 Å². The molecule has 4 aromatic carbocycles. The number of carbonyl (C=O) groups is 4. The van der Waals surface area contributed by atoms with Crippen LogP contribution in [0.25, 0.3) is 32.0 Å². The minimum absolute atomic E-state index is 0.00745. The summed E-state index contributed by atoms with van der Waals surface area (Å²) in [6.45, 7) is 13.2. The molecule has 0 amide bonds. The predicted octanol–water partition coefficient (Wildman–Crippen LogP) is 15.2. The second kappa shape index (κ2) is 36.5. The fourth-order valence-electron chi connectivity index (χ4n) is 11.5. The molecule has 21 heteroatoms. The van der Waals surface area contributed by atoms with Crippen molar-refractivity contribution >= 4 is 56.4 Å². The SMILES string of the molecule is C=CC(=O)OCCC(=O)OCCCCCCOc1ccc(OOCC2CCC(C(OO)c3ccc(OOCC4CCC(C(OO)c5ccc(OCCCCCCOC(=O)CCOC(=O)C=C)cc5)CC4)c4nc(-c5cc6c(C)cc(C)cc6o5)sc34)CC2)cc1. The Morgan fingerprint density at radius 2 is 1.10 bits per heavy atom. The zero-order chi connectivity index (χ0) is 63.5. The van der Waals surface area contributed by atoms with Crippen LogP contribution in [0.4, 0.5) is 0 Å². The summed E-state index contributed by atoms with van der Waals surface area (Å²) in [5.41, 5.74) is 5.24. The first-order valence-electron chi connectivity index (χ1n) is 31.4. The predicted molar refractivity (Wildman–Crippen MR) is 336 cm³/mol. The number of hydrogen-bond acceptors (Lipinski definition) is 21. The number of benzene rings is 4. The number of thiazole rings is 1. The zero-order valence-electron chi connectivity index (χ0n) is 51.6. The molecule has 2 aliphatic rings. The van der Waals surface area contributed by atoms with Crippen LogP contribution < -0.4 is 19.2 Å². The first kappa shape index (κ1) is 68.5. The van der Waals surface area contributed by atoms with E-state index in [-0.39, 0.29) is 49.7 Å². The Balaban J connectivity index is 0.765. The van der Waals surface area contributed by atoms with Gasteiger partial charge in [0.2, 0.25) is 0 Å². The van der Waals surface area contributed by atoms with Crippen LogP contribution >= 0.6 is 11.3 Å². The fourth-order valence-corrected chi connectivity index (χ4v) is 12.5. The molecule has 2 unspecified atom stereocenters. The molecule has 6 aromatic rings. The average molecular weight is 1260 g/mol. The number of hydrogen-bond donors (Lipinski definition) is 2. The van der Waals surface area contributed by atoms with Gasteiger partial charge in [-0.25, -0.2) is 24.3 Å².